The van der Waals surface area contributed by atoms with E-state index in [2.05, 4.69) is 27.3 Å². The Labute approximate surface area is 231 Å². The van der Waals surface area contributed by atoms with Crippen molar-refractivity contribution in [2.24, 2.45) is 0 Å². The largest absolute Gasteiger partial charge is 0.392 e. The van der Waals surface area contributed by atoms with Crippen molar-refractivity contribution in [2.45, 2.75) is 70.2 Å². The lowest BCUT2D eigenvalue weighted by Gasteiger charge is -2.38. The van der Waals surface area contributed by atoms with Crippen LogP contribution < -0.4 is 5.32 Å². The zero-order chi connectivity index (χ0) is 26.9. The molecule has 3 aromatic rings. The molecule has 7 nitrogen and oxygen atoms in total. The average Bonchev–Trinajstić information content (AvgIpc) is 2.98. The number of rotatable bonds is 8. The first kappa shape index (κ1) is 27.5. The van der Waals surface area contributed by atoms with Gasteiger partial charge in [-0.1, -0.05) is 67.8 Å². The van der Waals surface area contributed by atoms with Crippen molar-refractivity contribution >= 4 is 5.91 Å². The van der Waals surface area contributed by atoms with Crippen LogP contribution in [0, 0.1) is 0 Å². The third-order valence-corrected chi connectivity index (χ3v) is 7.65. The van der Waals surface area contributed by atoms with Gasteiger partial charge in [0.1, 0.15) is 0 Å². The highest BCUT2D eigenvalue weighted by atomic mass is 16.7. The molecular weight excluding hydrogens is 490 g/mol. The summed E-state index contributed by atoms with van der Waals surface area (Å²) in [5, 5.41) is 12.4. The van der Waals surface area contributed by atoms with Gasteiger partial charge in [-0.25, -0.2) is 0 Å². The van der Waals surface area contributed by atoms with E-state index in [-0.39, 0.29) is 24.7 Å². The monoisotopic (exact) mass is 529 g/mol. The Hall–Kier alpha value is -3.10. The number of pyridine rings is 1. The van der Waals surface area contributed by atoms with Gasteiger partial charge in [0, 0.05) is 37.5 Å². The van der Waals surface area contributed by atoms with E-state index in [0.29, 0.717) is 12.1 Å². The highest BCUT2D eigenvalue weighted by molar-refractivity contribution is 5.93. The van der Waals surface area contributed by atoms with Gasteiger partial charge in [-0.15, -0.1) is 0 Å². The predicted molar refractivity (Wildman–Crippen MR) is 150 cm³/mol. The molecule has 1 amide bonds. The summed E-state index contributed by atoms with van der Waals surface area (Å²) in [7, 11) is 0. The Morgan fingerprint density at radius 1 is 0.897 bits per heavy atom. The van der Waals surface area contributed by atoms with Gasteiger partial charge in [-0.05, 0) is 54.8 Å². The van der Waals surface area contributed by atoms with E-state index >= 15 is 0 Å². The molecule has 39 heavy (non-hydrogen) atoms. The molecule has 2 N–H and O–H groups in total. The average molecular weight is 530 g/mol. The molecule has 0 saturated carbocycles. The second-order valence-corrected chi connectivity index (χ2v) is 10.6. The van der Waals surface area contributed by atoms with E-state index in [1.54, 1.807) is 24.5 Å². The van der Waals surface area contributed by atoms with Crippen molar-refractivity contribution in [3.63, 3.8) is 0 Å². The van der Waals surface area contributed by atoms with Crippen LogP contribution in [0.2, 0.25) is 0 Å². The maximum atomic E-state index is 12.4. The molecule has 3 atom stereocenters. The molecule has 0 bridgehead atoms. The number of aliphatic hydroxyl groups is 1. The van der Waals surface area contributed by atoms with Crippen LogP contribution in [0.3, 0.4) is 0 Å². The number of amides is 1. The second-order valence-electron chi connectivity index (χ2n) is 10.6. The molecule has 206 valence electrons. The SMILES string of the molecule is O=C(NCc1ccc(C2OC(CN3CCCCCCC3)CC(c3ccc(CO)cc3)O2)cc1)c1cccnc1. The van der Waals surface area contributed by atoms with Crippen LogP contribution in [-0.4, -0.2) is 46.6 Å². The van der Waals surface area contributed by atoms with Crippen LogP contribution in [0.1, 0.15) is 83.5 Å². The van der Waals surface area contributed by atoms with Gasteiger partial charge in [0.15, 0.2) is 6.29 Å². The van der Waals surface area contributed by atoms with Crippen molar-refractivity contribution in [1.82, 2.24) is 15.2 Å². The highest BCUT2D eigenvalue weighted by Crippen LogP contribution is 2.38. The third-order valence-electron chi connectivity index (χ3n) is 7.65. The summed E-state index contributed by atoms with van der Waals surface area (Å²) in [5.74, 6) is -0.145. The van der Waals surface area contributed by atoms with Gasteiger partial charge in [0.2, 0.25) is 0 Å². The molecule has 5 rings (SSSR count). The van der Waals surface area contributed by atoms with E-state index in [1.165, 1.54) is 32.1 Å². The van der Waals surface area contributed by atoms with Gasteiger partial charge in [-0.3, -0.25) is 9.78 Å². The van der Waals surface area contributed by atoms with E-state index in [0.717, 1.165) is 48.3 Å². The van der Waals surface area contributed by atoms with Gasteiger partial charge >= 0.3 is 0 Å². The molecule has 2 fully saturated rings. The topological polar surface area (TPSA) is 83.9 Å². The van der Waals surface area contributed by atoms with Crippen LogP contribution in [0.15, 0.2) is 73.1 Å². The number of likely N-dealkylation sites (tertiary alicyclic amines) is 1. The molecule has 3 unspecified atom stereocenters. The molecule has 2 aliphatic heterocycles. The quantitative estimate of drug-likeness (QED) is 0.411. The van der Waals surface area contributed by atoms with Crippen molar-refractivity contribution in [3.05, 3.63) is 101 Å². The molecule has 1 aromatic heterocycles. The first-order chi connectivity index (χ1) is 19.2. The predicted octanol–water partition coefficient (Wildman–Crippen LogP) is 5.32. The molecule has 0 radical (unpaired) electrons. The van der Waals surface area contributed by atoms with Crippen LogP contribution >= 0.6 is 0 Å². The number of aromatic nitrogens is 1. The third kappa shape index (κ3) is 7.73. The lowest BCUT2D eigenvalue weighted by molar-refractivity contribution is -0.253. The molecule has 3 heterocycles. The van der Waals surface area contributed by atoms with Crippen LogP contribution in [0.25, 0.3) is 0 Å². The minimum Gasteiger partial charge on any atom is -0.392 e. The summed E-state index contributed by atoms with van der Waals surface area (Å²) in [5.41, 5.74) is 4.51. The summed E-state index contributed by atoms with van der Waals surface area (Å²) in [6, 6.07) is 19.6. The second kappa shape index (κ2) is 13.8. The number of carbonyl (C=O) groups is 1. The summed E-state index contributed by atoms with van der Waals surface area (Å²) in [4.78, 5) is 18.9. The van der Waals surface area contributed by atoms with Gasteiger partial charge in [0.05, 0.1) is 24.4 Å². The smallest absolute Gasteiger partial charge is 0.253 e. The fraction of sp³-hybridized carbons (Fsp3) is 0.438. The number of hydrogen-bond acceptors (Lipinski definition) is 6. The summed E-state index contributed by atoms with van der Waals surface area (Å²) >= 11 is 0. The number of aliphatic hydroxyl groups excluding tert-OH is 1. The number of benzene rings is 2. The Morgan fingerprint density at radius 2 is 1.59 bits per heavy atom. The minimum absolute atomic E-state index is 0.0319. The lowest BCUT2D eigenvalue weighted by atomic mass is 9.99. The first-order valence-electron chi connectivity index (χ1n) is 14.2. The van der Waals surface area contributed by atoms with Crippen molar-refractivity contribution < 1.29 is 19.4 Å². The number of hydrogen-bond donors (Lipinski definition) is 2. The Morgan fingerprint density at radius 3 is 2.28 bits per heavy atom. The summed E-state index contributed by atoms with van der Waals surface area (Å²) in [6.45, 7) is 3.62. The molecule has 0 aliphatic carbocycles. The van der Waals surface area contributed by atoms with Crippen LogP contribution in [0.4, 0.5) is 0 Å². The normalized spacial score (nSPS) is 22.5. The van der Waals surface area contributed by atoms with Crippen molar-refractivity contribution in [2.75, 3.05) is 19.6 Å². The zero-order valence-corrected chi connectivity index (χ0v) is 22.5. The molecule has 2 aromatic carbocycles. The van der Waals surface area contributed by atoms with E-state index < -0.39 is 6.29 Å². The van der Waals surface area contributed by atoms with E-state index in [9.17, 15) is 9.90 Å². The maximum Gasteiger partial charge on any atom is 0.253 e. The molecule has 0 spiro atoms. The lowest BCUT2D eigenvalue weighted by Crippen LogP contribution is -2.40. The number of ether oxygens (including phenoxy) is 2. The zero-order valence-electron chi connectivity index (χ0n) is 22.5. The Balaban J connectivity index is 1.27. The summed E-state index contributed by atoms with van der Waals surface area (Å²) in [6.07, 6.45) is 9.97. The number of carbonyl (C=O) groups excluding carboxylic acids is 1. The maximum absolute atomic E-state index is 12.4. The Kier molecular flexibility index (Phi) is 9.72. The van der Waals surface area contributed by atoms with Crippen molar-refractivity contribution in [3.8, 4) is 0 Å². The van der Waals surface area contributed by atoms with Crippen LogP contribution in [-0.2, 0) is 22.6 Å². The van der Waals surface area contributed by atoms with Crippen molar-refractivity contribution in [1.29, 1.82) is 0 Å². The number of nitrogens with zero attached hydrogens (tertiary/aromatic N) is 2. The summed E-state index contributed by atoms with van der Waals surface area (Å²) < 4.78 is 13.1. The van der Waals surface area contributed by atoms with Crippen LogP contribution in [0.5, 0.6) is 0 Å². The van der Waals surface area contributed by atoms with Gasteiger partial charge in [0.25, 0.3) is 5.91 Å². The molecule has 2 saturated heterocycles. The molecule has 7 heteroatoms. The number of nitrogens with one attached hydrogen (secondary N) is 1. The highest BCUT2D eigenvalue weighted by Gasteiger charge is 2.33. The first-order valence-corrected chi connectivity index (χ1v) is 14.2. The fourth-order valence-corrected chi connectivity index (χ4v) is 5.39. The Bertz CT molecular complexity index is 1160. The van der Waals surface area contributed by atoms with Gasteiger partial charge < -0.3 is 24.8 Å². The minimum atomic E-state index is -0.472. The molecular formula is C32H39N3O4. The van der Waals surface area contributed by atoms with E-state index in [4.69, 9.17) is 9.47 Å². The van der Waals surface area contributed by atoms with E-state index in [1.807, 2.05) is 36.4 Å². The fourth-order valence-electron chi connectivity index (χ4n) is 5.39. The van der Waals surface area contributed by atoms with Gasteiger partial charge in [-0.2, -0.15) is 0 Å². The molecule has 2 aliphatic rings. The standard InChI is InChI=1S/C32H39N3O4/c36-23-25-10-12-26(13-11-25)30-19-29(22-35-17-4-2-1-3-5-18-35)38-32(39-30)27-14-8-24(9-15-27)20-34-31(37)28-7-6-16-33-21-28/h6-16,21,29-30,32,36H,1-5,17-20,22-23H2,(H,34,37).